The van der Waals surface area contributed by atoms with E-state index in [2.05, 4.69) is 4.98 Å². The Balaban J connectivity index is 2.29. The van der Waals surface area contributed by atoms with Crippen molar-refractivity contribution >= 4 is 22.7 Å². The van der Waals surface area contributed by atoms with Crippen LogP contribution in [0.1, 0.15) is 24.2 Å². The maximum Gasteiger partial charge on any atom is 0.336 e. The van der Waals surface area contributed by atoms with E-state index < -0.39 is 5.97 Å². The summed E-state index contributed by atoms with van der Waals surface area (Å²) in [4.78, 5) is 17.8. The second-order valence-electron chi connectivity index (χ2n) is 5.19. The molecule has 2 aromatic rings. The monoisotopic (exact) mass is 288 g/mol. The summed E-state index contributed by atoms with van der Waals surface area (Å²) in [5.74, 6) is -0.305. The number of hydrogen-bond donors (Lipinski definition) is 1. The van der Waals surface area contributed by atoms with E-state index >= 15 is 0 Å². The number of carbonyl (C=O) groups is 1. The number of carboxylic acids is 1. The molecule has 0 fully saturated rings. The van der Waals surface area contributed by atoms with E-state index in [1.165, 1.54) is 0 Å². The summed E-state index contributed by atoms with van der Waals surface area (Å²) < 4.78 is 5.51. The van der Waals surface area contributed by atoms with Crippen LogP contribution in [0.4, 0.5) is 5.82 Å². The molecule has 2 rings (SSSR count). The van der Waals surface area contributed by atoms with Crippen LogP contribution in [0.2, 0.25) is 0 Å². The zero-order chi connectivity index (χ0) is 15.4. The average Bonchev–Trinajstić information content (AvgIpc) is 2.45. The van der Waals surface area contributed by atoms with Gasteiger partial charge < -0.3 is 14.7 Å². The van der Waals surface area contributed by atoms with Crippen molar-refractivity contribution in [3.8, 4) is 0 Å². The Hall–Kier alpha value is -2.14. The molecule has 1 aromatic heterocycles. The molecule has 21 heavy (non-hydrogen) atoms. The van der Waals surface area contributed by atoms with E-state index in [9.17, 15) is 9.90 Å². The van der Waals surface area contributed by atoms with Crippen LogP contribution in [0.25, 0.3) is 10.9 Å². The fourth-order valence-corrected chi connectivity index (χ4v) is 2.07. The third kappa shape index (κ3) is 3.70. The Bertz CT molecular complexity index is 640. The lowest BCUT2D eigenvalue weighted by Crippen LogP contribution is -2.25. The van der Waals surface area contributed by atoms with Gasteiger partial charge in [-0.2, -0.15) is 0 Å². The molecule has 0 amide bonds. The number of pyridine rings is 1. The zero-order valence-corrected chi connectivity index (χ0v) is 12.5. The summed E-state index contributed by atoms with van der Waals surface area (Å²) in [6, 6.07) is 8.88. The van der Waals surface area contributed by atoms with Crippen molar-refractivity contribution in [3.63, 3.8) is 0 Å². The zero-order valence-electron chi connectivity index (χ0n) is 12.5. The van der Waals surface area contributed by atoms with Gasteiger partial charge in [0.1, 0.15) is 5.82 Å². The highest BCUT2D eigenvalue weighted by Crippen LogP contribution is 2.22. The molecule has 0 radical (unpaired) electrons. The first kappa shape index (κ1) is 15.3. The third-order valence-electron chi connectivity index (χ3n) is 3.20. The number of rotatable bonds is 6. The molecule has 0 aliphatic rings. The lowest BCUT2D eigenvalue weighted by Gasteiger charge is -2.20. The number of anilines is 1. The summed E-state index contributed by atoms with van der Waals surface area (Å²) in [6.07, 6.45) is 0.178. The van der Waals surface area contributed by atoms with Crippen LogP contribution in [0.3, 0.4) is 0 Å². The smallest absolute Gasteiger partial charge is 0.336 e. The van der Waals surface area contributed by atoms with Crippen molar-refractivity contribution in [3.05, 3.63) is 35.9 Å². The summed E-state index contributed by atoms with van der Waals surface area (Å²) in [5.41, 5.74) is 0.955. The van der Waals surface area contributed by atoms with Gasteiger partial charge in [0, 0.05) is 19.0 Å². The molecule has 112 valence electrons. The van der Waals surface area contributed by atoms with Gasteiger partial charge in [-0.3, -0.25) is 0 Å². The van der Waals surface area contributed by atoms with E-state index in [1.807, 2.05) is 44.0 Å². The molecule has 5 heteroatoms. The topological polar surface area (TPSA) is 62.7 Å². The lowest BCUT2D eigenvalue weighted by atomic mass is 10.1. The number of para-hydroxylation sites is 1. The Morgan fingerprint density at radius 1 is 1.38 bits per heavy atom. The summed E-state index contributed by atoms with van der Waals surface area (Å²) in [7, 11) is 1.88. The molecule has 0 atom stereocenters. The van der Waals surface area contributed by atoms with E-state index in [-0.39, 0.29) is 11.7 Å². The molecule has 0 saturated carbocycles. The van der Waals surface area contributed by atoms with Crippen LogP contribution >= 0.6 is 0 Å². The van der Waals surface area contributed by atoms with Crippen molar-refractivity contribution < 1.29 is 14.6 Å². The number of hydrogen-bond acceptors (Lipinski definition) is 4. The number of ether oxygens (including phenoxy) is 1. The Kier molecular flexibility index (Phi) is 4.75. The molecule has 5 nitrogen and oxygen atoms in total. The standard InChI is InChI=1S/C16H20N2O3/c1-11(2)21-9-8-18(3)15-10-13(16(19)20)12-6-4-5-7-14(12)17-15/h4-7,10-11H,8-9H2,1-3H3,(H,19,20). The number of fused-ring (bicyclic) bond motifs is 1. The number of aromatic nitrogens is 1. The van der Waals surface area contributed by atoms with Gasteiger partial charge in [-0.25, -0.2) is 9.78 Å². The molecule has 0 aliphatic carbocycles. The fraction of sp³-hybridized carbons (Fsp3) is 0.375. The highest BCUT2D eigenvalue weighted by Gasteiger charge is 2.13. The third-order valence-corrected chi connectivity index (χ3v) is 3.20. The van der Waals surface area contributed by atoms with Crippen LogP contribution in [-0.2, 0) is 4.74 Å². The van der Waals surface area contributed by atoms with Gasteiger partial charge in [-0.15, -0.1) is 0 Å². The van der Waals surface area contributed by atoms with Crippen LogP contribution in [0.5, 0.6) is 0 Å². The van der Waals surface area contributed by atoms with E-state index in [1.54, 1.807) is 12.1 Å². The number of nitrogens with zero attached hydrogens (tertiary/aromatic N) is 2. The molecular weight excluding hydrogens is 268 g/mol. The Morgan fingerprint density at radius 2 is 2.10 bits per heavy atom. The van der Waals surface area contributed by atoms with Crippen molar-refractivity contribution in [1.29, 1.82) is 0 Å². The molecule has 1 N–H and O–H groups in total. The quantitative estimate of drug-likeness (QED) is 0.885. The van der Waals surface area contributed by atoms with Crippen LogP contribution in [-0.4, -0.2) is 42.4 Å². The van der Waals surface area contributed by atoms with Crippen molar-refractivity contribution in [2.24, 2.45) is 0 Å². The molecule has 0 spiro atoms. The van der Waals surface area contributed by atoms with Gasteiger partial charge in [0.2, 0.25) is 0 Å². The molecule has 0 aliphatic heterocycles. The molecule has 0 saturated heterocycles. The second-order valence-corrected chi connectivity index (χ2v) is 5.19. The van der Waals surface area contributed by atoms with E-state index in [0.717, 1.165) is 0 Å². The minimum absolute atomic E-state index is 0.178. The molecule has 0 unspecified atom stereocenters. The molecule has 1 heterocycles. The van der Waals surface area contributed by atoms with Gasteiger partial charge in [0.15, 0.2) is 0 Å². The van der Waals surface area contributed by atoms with Gasteiger partial charge in [0.05, 0.1) is 23.8 Å². The number of benzene rings is 1. The molecule has 0 bridgehead atoms. The fourth-order valence-electron chi connectivity index (χ4n) is 2.07. The van der Waals surface area contributed by atoms with Crippen LogP contribution in [0, 0.1) is 0 Å². The van der Waals surface area contributed by atoms with Gasteiger partial charge >= 0.3 is 5.97 Å². The van der Waals surface area contributed by atoms with Crippen LogP contribution in [0.15, 0.2) is 30.3 Å². The summed E-state index contributed by atoms with van der Waals surface area (Å²) >= 11 is 0. The van der Waals surface area contributed by atoms with E-state index in [4.69, 9.17) is 4.74 Å². The van der Waals surface area contributed by atoms with Crippen LogP contribution < -0.4 is 4.90 Å². The Morgan fingerprint density at radius 3 is 2.76 bits per heavy atom. The van der Waals surface area contributed by atoms with Crippen molar-refractivity contribution in [2.45, 2.75) is 20.0 Å². The van der Waals surface area contributed by atoms with Gasteiger partial charge in [-0.05, 0) is 26.0 Å². The Labute approximate surface area is 124 Å². The minimum Gasteiger partial charge on any atom is -0.478 e. The largest absolute Gasteiger partial charge is 0.478 e. The highest BCUT2D eigenvalue weighted by atomic mass is 16.5. The van der Waals surface area contributed by atoms with Gasteiger partial charge in [-0.1, -0.05) is 18.2 Å². The second kappa shape index (κ2) is 6.54. The molecular formula is C16H20N2O3. The minimum atomic E-state index is -0.943. The average molecular weight is 288 g/mol. The van der Waals surface area contributed by atoms with Gasteiger partial charge in [0.25, 0.3) is 0 Å². The SMILES string of the molecule is CC(C)OCCN(C)c1cc(C(=O)O)c2ccccc2n1. The first-order valence-electron chi connectivity index (χ1n) is 6.95. The maximum atomic E-state index is 11.4. The lowest BCUT2D eigenvalue weighted by molar-refractivity contribution is 0.0699. The van der Waals surface area contributed by atoms with Crippen molar-refractivity contribution in [2.75, 3.05) is 25.1 Å². The summed E-state index contributed by atoms with van der Waals surface area (Å²) in [6.45, 7) is 5.20. The number of aromatic carboxylic acids is 1. The van der Waals surface area contributed by atoms with E-state index in [0.29, 0.717) is 29.9 Å². The predicted octanol–water partition coefficient (Wildman–Crippen LogP) is 2.79. The normalized spacial score (nSPS) is 11.0. The predicted molar refractivity (Wildman–Crippen MR) is 83.1 cm³/mol. The summed E-state index contributed by atoms with van der Waals surface area (Å²) in [5, 5.41) is 10.0. The maximum absolute atomic E-state index is 11.4. The molecule has 1 aromatic carbocycles. The number of likely N-dealkylation sites (N-methyl/N-ethyl adjacent to an activating group) is 1. The first-order chi connectivity index (χ1) is 9.99. The highest BCUT2D eigenvalue weighted by molar-refractivity contribution is 6.03. The van der Waals surface area contributed by atoms with Crippen molar-refractivity contribution in [1.82, 2.24) is 4.98 Å². The first-order valence-corrected chi connectivity index (χ1v) is 6.95. The number of carboxylic acid groups (broad SMARTS) is 1.